The third-order valence-electron chi connectivity index (χ3n) is 6.06. The van der Waals surface area contributed by atoms with Gasteiger partial charge in [-0.25, -0.2) is 8.42 Å². The van der Waals surface area contributed by atoms with Gasteiger partial charge < -0.3 is 14.7 Å². The van der Waals surface area contributed by atoms with Crippen molar-refractivity contribution in [2.75, 3.05) is 45.1 Å². The van der Waals surface area contributed by atoms with Crippen molar-refractivity contribution in [3.63, 3.8) is 0 Å². The van der Waals surface area contributed by atoms with Crippen LogP contribution < -0.4 is 0 Å². The fourth-order valence-corrected chi connectivity index (χ4v) is 5.58. The van der Waals surface area contributed by atoms with E-state index < -0.39 is 9.84 Å². The monoisotopic (exact) mass is 438 g/mol. The molecule has 2 atom stereocenters. The topological polar surface area (TPSA) is 104 Å². The Balaban J connectivity index is 0.000000806. The Kier molecular flexibility index (Phi) is 7.85. The third kappa shape index (κ3) is 5.59. The fourth-order valence-electron chi connectivity index (χ4n) is 4.28. The minimum Gasteiger partial charge on any atom is -0.483 e. The Morgan fingerprint density at radius 2 is 1.83 bits per heavy atom. The molecule has 4 rings (SSSR count). The van der Waals surface area contributed by atoms with Crippen molar-refractivity contribution in [2.24, 2.45) is 11.8 Å². The number of carbonyl (C=O) groups is 2. The summed E-state index contributed by atoms with van der Waals surface area (Å²) in [6.07, 6.45) is 3.16. The van der Waals surface area contributed by atoms with E-state index >= 15 is 0 Å². The van der Waals surface area contributed by atoms with E-state index in [1.807, 2.05) is 11.0 Å². The lowest BCUT2D eigenvalue weighted by Gasteiger charge is -2.35. The highest BCUT2D eigenvalue weighted by atomic mass is 32.2. The summed E-state index contributed by atoms with van der Waals surface area (Å²) in [6.45, 7) is 3.66. The van der Waals surface area contributed by atoms with Gasteiger partial charge in [-0.1, -0.05) is 24.6 Å². The van der Waals surface area contributed by atoms with Crippen molar-refractivity contribution in [3.05, 3.63) is 30.3 Å². The van der Waals surface area contributed by atoms with Crippen LogP contribution in [0.15, 0.2) is 35.2 Å². The number of amides is 1. The lowest BCUT2D eigenvalue weighted by molar-refractivity contribution is -0.141. The van der Waals surface area contributed by atoms with Crippen molar-refractivity contribution < 1.29 is 27.9 Å². The number of hydrogen-bond donors (Lipinski definition) is 1. The van der Waals surface area contributed by atoms with Gasteiger partial charge in [-0.05, 0) is 25.0 Å². The van der Waals surface area contributed by atoms with Crippen molar-refractivity contribution >= 4 is 22.2 Å². The first-order valence-electron chi connectivity index (χ1n) is 10.4. The number of benzene rings is 1. The van der Waals surface area contributed by atoms with E-state index in [0.29, 0.717) is 31.2 Å². The molecule has 3 aliphatic rings. The maximum atomic E-state index is 12.8. The van der Waals surface area contributed by atoms with Gasteiger partial charge in [0.05, 0.1) is 29.9 Å². The number of sulfone groups is 1. The molecule has 2 saturated heterocycles. The summed E-state index contributed by atoms with van der Waals surface area (Å²) in [5.41, 5.74) is 0. The summed E-state index contributed by atoms with van der Waals surface area (Å²) in [4.78, 5) is 25.8. The Bertz CT molecular complexity index is 812. The van der Waals surface area contributed by atoms with Gasteiger partial charge in [-0.3, -0.25) is 14.5 Å². The summed E-state index contributed by atoms with van der Waals surface area (Å²) in [5.74, 6) is 0.825. The van der Waals surface area contributed by atoms with E-state index in [1.54, 1.807) is 24.3 Å². The molecule has 1 N–H and O–H groups in total. The average molecular weight is 439 g/mol. The first-order chi connectivity index (χ1) is 14.4. The van der Waals surface area contributed by atoms with Gasteiger partial charge >= 0.3 is 0 Å². The first kappa shape index (κ1) is 22.7. The number of nitrogens with zero attached hydrogens (tertiary/aromatic N) is 2. The van der Waals surface area contributed by atoms with E-state index in [2.05, 4.69) is 4.90 Å². The molecule has 2 bridgehead atoms. The molecule has 0 spiro atoms. The molecule has 3 fully saturated rings. The Hall–Kier alpha value is -1.97. The zero-order chi connectivity index (χ0) is 21.6. The molecule has 0 radical (unpaired) electrons. The number of carboxylic acid groups (broad SMARTS) is 1. The van der Waals surface area contributed by atoms with E-state index in [4.69, 9.17) is 14.6 Å². The smallest absolute Gasteiger partial charge is 0.290 e. The van der Waals surface area contributed by atoms with Crippen LogP contribution in [0.25, 0.3) is 0 Å². The molecule has 1 aromatic rings. The Morgan fingerprint density at radius 1 is 1.13 bits per heavy atom. The molecule has 1 saturated carbocycles. The normalized spacial score (nSPS) is 24.7. The fraction of sp³-hybridized carbons (Fsp3) is 0.619. The van der Waals surface area contributed by atoms with Gasteiger partial charge in [0.15, 0.2) is 9.84 Å². The van der Waals surface area contributed by atoms with Gasteiger partial charge in [0.2, 0.25) is 5.91 Å². The van der Waals surface area contributed by atoms with Crippen LogP contribution in [0.4, 0.5) is 0 Å². The van der Waals surface area contributed by atoms with Crippen LogP contribution in [-0.2, 0) is 24.2 Å². The second-order valence-electron chi connectivity index (χ2n) is 8.17. The third-order valence-corrected chi connectivity index (χ3v) is 7.77. The lowest BCUT2D eigenvalue weighted by atomic mass is 9.84. The molecule has 9 heteroatoms. The second-order valence-corrected chi connectivity index (χ2v) is 10.3. The summed E-state index contributed by atoms with van der Waals surface area (Å²) < 4.78 is 31.0. The van der Waals surface area contributed by atoms with E-state index in [9.17, 15) is 13.2 Å². The summed E-state index contributed by atoms with van der Waals surface area (Å²) in [7, 11) is -3.29. The van der Waals surface area contributed by atoms with Gasteiger partial charge in [0.1, 0.15) is 0 Å². The average Bonchev–Trinajstić information content (AvgIpc) is 2.97. The van der Waals surface area contributed by atoms with Crippen LogP contribution in [0, 0.1) is 11.8 Å². The largest absolute Gasteiger partial charge is 0.483 e. The minimum absolute atomic E-state index is 0.0324. The molecule has 2 aliphatic heterocycles. The van der Waals surface area contributed by atoms with Crippen LogP contribution in [0.5, 0.6) is 0 Å². The molecule has 8 nitrogen and oxygen atoms in total. The van der Waals surface area contributed by atoms with Gasteiger partial charge in [-0.15, -0.1) is 0 Å². The number of carbonyl (C=O) groups excluding carboxylic acids is 1. The summed E-state index contributed by atoms with van der Waals surface area (Å²) >= 11 is 0. The molecule has 1 aromatic carbocycles. The zero-order valence-corrected chi connectivity index (χ0v) is 17.9. The molecular weight excluding hydrogens is 408 g/mol. The summed E-state index contributed by atoms with van der Waals surface area (Å²) in [5, 5.41) is 6.89. The van der Waals surface area contributed by atoms with Crippen molar-refractivity contribution in [2.45, 2.75) is 30.2 Å². The van der Waals surface area contributed by atoms with E-state index in [0.717, 1.165) is 32.4 Å². The summed E-state index contributed by atoms with van der Waals surface area (Å²) in [6, 6.07) is 8.67. The predicted molar refractivity (Wildman–Crippen MR) is 111 cm³/mol. The van der Waals surface area contributed by atoms with E-state index in [-0.39, 0.29) is 36.0 Å². The molecule has 0 unspecified atom stereocenters. The highest BCUT2D eigenvalue weighted by molar-refractivity contribution is 7.91. The van der Waals surface area contributed by atoms with Crippen molar-refractivity contribution in [1.82, 2.24) is 9.80 Å². The molecule has 2 heterocycles. The van der Waals surface area contributed by atoms with Gasteiger partial charge in [-0.2, -0.15) is 0 Å². The second kappa shape index (κ2) is 10.4. The van der Waals surface area contributed by atoms with Crippen molar-refractivity contribution in [3.8, 4) is 0 Å². The number of hydrogen-bond acceptors (Lipinski definition) is 6. The highest BCUT2D eigenvalue weighted by Crippen LogP contribution is 2.31. The van der Waals surface area contributed by atoms with Crippen LogP contribution in [0.2, 0.25) is 0 Å². The van der Waals surface area contributed by atoms with Crippen molar-refractivity contribution in [1.29, 1.82) is 0 Å². The van der Waals surface area contributed by atoms with Crippen LogP contribution in [0.1, 0.15) is 19.3 Å². The molecule has 30 heavy (non-hydrogen) atoms. The number of rotatable bonds is 5. The van der Waals surface area contributed by atoms with Gasteiger partial charge in [0.25, 0.3) is 6.47 Å². The molecule has 166 valence electrons. The quantitative estimate of drug-likeness (QED) is 0.687. The van der Waals surface area contributed by atoms with E-state index in [1.165, 1.54) is 0 Å². The standard InChI is InChI=1S/C20H28N2O4S.CH2O2/c23-20(17-5-4-6-17)22-12-16-11-21(13-18(22)15-26-14-16)9-10-27(24,25)19-7-2-1-3-8-19;2-1-3/h1-3,7-8,16-18H,4-6,9-15H2;1H,(H,2,3)/t16-,18-;/m0./s1. The van der Waals surface area contributed by atoms with Gasteiger partial charge in [0, 0.05) is 38.0 Å². The zero-order valence-electron chi connectivity index (χ0n) is 17.1. The number of ether oxygens (including phenoxy) is 1. The number of fused-ring (bicyclic) bond motifs is 3. The first-order valence-corrected chi connectivity index (χ1v) is 12.1. The maximum absolute atomic E-state index is 12.8. The lowest BCUT2D eigenvalue weighted by Crippen LogP contribution is -2.49. The molecule has 0 aromatic heterocycles. The van der Waals surface area contributed by atoms with Crippen LogP contribution in [0.3, 0.4) is 0 Å². The Morgan fingerprint density at radius 3 is 2.47 bits per heavy atom. The molecule has 1 amide bonds. The maximum Gasteiger partial charge on any atom is 0.290 e. The molecule has 1 aliphatic carbocycles. The highest BCUT2D eigenvalue weighted by Gasteiger charge is 2.39. The molecular formula is C21H30N2O6S. The van der Waals surface area contributed by atoms with Crippen LogP contribution >= 0.6 is 0 Å². The minimum atomic E-state index is -3.29. The SMILES string of the molecule is O=C(C1CCC1)N1C[C@H]2COC[C@@H]1CN(CCS(=O)(=O)c1ccccc1)C2.O=CO. The Labute approximate surface area is 177 Å². The predicted octanol–water partition coefficient (Wildman–Crippen LogP) is 1.12. The van der Waals surface area contributed by atoms with Crippen LogP contribution in [-0.4, -0.2) is 86.9 Å².